The highest BCUT2D eigenvalue weighted by Gasteiger charge is 2.19. The Morgan fingerprint density at radius 3 is 3.25 bits per heavy atom. The van der Waals surface area contributed by atoms with E-state index >= 15 is 0 Å². The van der Waals surface area contributed by atoms with Crippen LogP contribution in [0.1, 0.15) is 18.6 Å². The first-order valence-corrected chi connectivity index (χ1v) is 5.97. The summed E-state index contributed by atoms with van der Waals surface area (Å²) in [6.45, 7) is 3.23. The standard InChI is InChI=1S/C13H20N2O/c1-15-9-3-5-12(15)11-14-8-2-6-13-7-4-10-16-13/h2,4,6-7,10,12,14H,3,5,8-9,11H2,1H3/b6-2+. The van der Waals surface area contributed by atoms with E-state index in [2.05, 4.69) is 23.3 Å². The fraction of sp³-hybridized carbons (Fsp3) is 0.538. The summed E-state index contributed by atoms with van der Waals surface area (Å²) in [6.07, 6.45) is 8.47. The maximum Gasteiger partial charge on any atom is 0.126 e. The van der Waals surface area contributed by atoms with Gasteiger partial charge in [-0.1, -0.05) is 6.08 Å². The summed E-state index contributed by atoms with van der Waals surface area (Å²) >= 11 is 0. The van der Waals surface area contributed by atoms with E-state index in [1.165, 1.54) is 19.4 Å². The van der Waals surface area contributed by atoms with Gasteiger partial charge in [0.1, 0.15) is 5.76 Å². The average Bonchev–Trinajstić information content (AvgIpc) is 2.90. The Morgan fingerprint density at radius 1 is 1.62 bits per heavy atom. The van der Waals surface area contributed by atoms with Gasteiger partial charge >= 0.3 is 0 Å². The van der Waals surface area contributed by atoms with Crippen LogP contribution in [0.4, 0.5) is 0 Å². The van der Waals surface area contributed by atoms with Gasteiger partial charge in [-0.15, -0.1) is 0 Å². The van der Waals surface area contributed by atoms with Crippen molar-refractivity contribution in [2.45, 2.75) is 18.9 Å². The van der Waals surface area contributed by atoms with Gasteiger partial charge in [0, 0.05) is 19.1 Å². The van der Waals surface area contributed by atoms with Gasteiger partial charge in [-0.25, -0.2) is 0 Å². The van der Waals surface area contributed by atoms with Gasteiger partial charge in [0.25, 0.3) is 0 Å². The Hall–Kier alpha value is -1.06. The molecule has 0 aliphatic carbocycles. The van der Waals surface area contributed by atoms with Crippen molar-refractivity contribution in [2.24, 2.45) is 0 Å². The van der Waals surface area contributed by atoms with Gasteiger partial charge < -0.3 is 14.6 Å². The Balaban J connectivity index is 1.61. The maximum atomic E-state index is 5.21. The average molecular weight is 220 g/mol. The van der Waals surface area contributed by atoms with Gasteiger partial charge in [0.05, 0.1) is 6.26 Å². The van der Waals surface area contributed by atoms with E-state index in [9.17, 15) is 0 Å². The molecule has 1 aliphatic rings. The summed E-state index contributed by atoms with van der Waals surface area (Å²) in [7, 11) is 2.21. The lowest BCUT2D eigenvalue weighted by Crippen LogP contribution is -2.35. The molecule has 1 unspecified atom stereocenters. The van der Waals surface area contributed by atoms with Crippen molar-refractivity contribution in [3.63, 3.8) is 0 Å². The van der Waals surface area contributed by atoms with E-state index in [1.54, 1.807) is 6.26 Å². The van der Waals surface area contributed by atoms with Crippen molar-refractivity contribution in [2.75, 3.05) is 26.7 Å². The first kappa shape index (κ1) is 11.4. The number of rotatable bonds is 5. The molecule has 1 aromatic rings. The maximum absolute atomic E-state index is 5.21. The Kier molecular flexibility index (Phi) is 4.19. The van der Waals surface area contributed by atoms with E-state index in [4.69, 9.17) is 4.42 Å². The molecule has 16 heavy (non-hydrogen) atoms. The van der Waals surface area contributed by atoms with Gasteiger partial charge in [0.2, 0.25) is 0 Å². The highest BCUT2D eigenvalue weighted by atomic mass is 16.3. The summed E-state index contributed by atoms with van der Waals surface area (Å²) in [5.41, 5.74) is 0. The predicted octanol–water partition coefficient (Wildman–Crippen LogP) is 1.98. The zero-order chi connectivity index (χ0) is 11.2. The monoisotopic (exact) mass is 220 g/mol. The van der Waals surface area contributed by atoms with Crippen molar-refractivity contribution in [3.05, 3.63) is 30.2 Å². The first-order chi connectivity index (χ1) is 7.86. The molecular weight excluding hydrogens is 200 g/mol. The molecule has 1 N–H and O–H groups in total. The number of hydrogen-bond acceptors (Lipinski definition) is 3. The normalized spacial score (nSPS) is 22.2. The Labute approximate surface area is 97.1 Å². The Morgan fingerprint density at radius 2 is 2.56 bits per heavy atom. The second-order valence-corrected chi connectivity index (χ2v) is 4.35. The molecule has 2 rings (SSSR count). The number of hydrogen-bond donors (Lipinski definition) is 1. The quantitative estimate of drug-likeness (QED) is 0.769. The number of nitrogens with one attached hydrogen (secondary N) is 1. The van der Waals surface area contributed by atoms with Crippen molar-refractivity contribution < 1.29 is 4.42 Å². The van der Waals surface area contributed by atoms with Crippen LogP contribution in [0.5, 0.6) is 0 Å². The zero-order valence-electron chi connectivity index (χ0n) is 9.86. The third-order valence-electron chi connectivity index (χ3n) is 3.14. The number of furan rings is 1. The molecule has 0 radical (unpaired) electrons. The lowest BCUT2D eigenvalue weighted by molar-refractivity contribution is 0.303. The lowest BCUT2D eigenvalue weighted by Gasteiger charge is -2.19. The van der Waals surface area contributed by atoms with Crippen LogP contribution in [0.25, 0.3) is 6.08 Å². The van der Waals surface area contributed by atoms with Crippen molar-refractivity contribution in [3.8, 4) is 0 Å². The minimum Gasteiger partial charge on any atom is -0.465 e. The predicted molar refractivity (Wildman–Crippen MR) is 66.3 cm³/mol. The minimum absolute atomic E-state index is 0.719. The van der Waals surface area contributed by atoms with Crippen LogP contribution in [0.2, 0.25) is 0 Å². The molecule has 2 heterocycles. The summed E-state index contributed by atoms with van der Waals surface area (Å²) in [6, 6.07) is 4.58. The highest BCUT2D eigenvalue weighted by molar-refractivity contribution is 5.42. The van der Waals surface area contributed by atoms with Gasteiger partial charge in [-0.2, -0.15) is 0 Å². The number of likely N-dealkylation sites (N-methyl/N-ethyl adjacent to an activating group) is 1. The molecule has 1 aromatic heterocycles. The fourth-order valence-corrected chi connectivity index (χ4v) is 2.13. The van der Waals surface area contributed by atoms with Gasteiger partial charge in [-0.3, -0.25) is 0 Å². The lowest BCUT2D eigenvalue weighted by atomic mass is 10.2. The zero-order valence-corrected chi connectivity index (χ0v) is 9.86. The molecule has 1 atom stereocenters. The minimum atomic E-state index is 0.719. The van der Waals surface area contributed by atoms with Gasteiger partial charge in [-0.05, 0) is 44.6 Å². The third kappa shape index (κ3) is 3.22. The molecule has 0 saturated carbocycles. The molecule has 88 valence electrons. The van der Waals surface area contributed by atoms with Crippen molar-refractivity contribution >= 4 is 6.08 Å². The molecule has 0 aromatic carbocycles. The summed E-state index contributed by atoms with van der Waals surface area (Å²) in [4.78, 5) is 2.43. The van der Waals surface area contributed by atoms with E-state index in [1.807, 2.05) is 18.2 Å². The van der Waals surface area contributed by atoms with Crippen LogP contribution in [-0.2, 0) is 0 Å². The molecule has 0 bridgehead atoms. The van der Waals surface area contributed by atoms with Crippen molar-refractivity contribution in [1.82, 2.24) is 10.2 Å². The van der Waals surface area contributed by atoms with E-state index in [0.29, 0.717) is 0 Å². The molecule has 3 heteroatoms. The van der Waals surface area contributed by atoms with Crippen LogP contribution in [0, 0.1) is 0 Å². The van der Waals surface area contributed by atoms with Gasteiger partial charge in [0.15, 0.2) is 0 Å². The molecule has 3 nitrogen and oxygen atoms in total. The topological polar surface area (TPSA) is 28.4 Å². The third-order valence-corrected chi connectivity index (χ3v) is 3.14. The first-order valence-electron chi connectivity index (χ1n) is 5.97. The summed E-state index contributed by atoms with van der Waals surface area (Å²) in [5.74, 6) is 0.916. The second kappa shape index (κ2) is 5.87. The smallest absolute Gasteiger partial charge is 0.126 e. The van der Waals surface area contributed by atoms with Crippen LogP contribution < -0.4 is 5.32 Å². The SMILES string of the molecule is CN1CCCC1CNC/C=C/c1ccco1. The van der Waals surface area contributed by atoms with E-state index in [0.717, 1.165) is 24.9 Å². The number of nitrogens with zero attached hydrogens (tertiary/aromatic N) is 1. The largest absolute Gasteiger partial charge is 0.465 e. The highest BCUT2D eigenvalue weighted by Crippen LogP contribution is 2.13. The van der Waals surface area contributed by atoms with Crippen LogP contribution >= 0.6 is 0 Å². The van der Waals surface area contributed by atoms with E-state index in [-0.39, 0.29) is 0 Å². The number of likely N-dealkylation sites (tertiary alicyclic amines) is 1. The van der Waals surface area contributed by atoms with E-state index < -0.39 is 0 Å². The molecule has 1 fully saturated rings. The fourth-order valence-electron chi connectivity index (χ4n) is 2.13. The molecule has 0 spiro atoms. The summed E-state index contributed by atoms with van der Waals surface area (Å²) < 4.78 is 5.21. The Bertz CT molecular complexity index is 319. The van der Waals surface area contributed by atoms with Crippen LogP contribution in [-0.4, -0.2) is 37.6 Å². The molecule has 1 aliphatic heterocycles. The van der Waals surface area contributed by atoms with Crippen LogP contribution in [0.3, 0.4) is 0 Å². The van der Waals surface area contributed by atoms with Crippen LogP contribution in [0.15, 0.2) is 28.9 Å². The summed E-state index contributed by atoms with van der Waals surface area (Å²) in [5, 5.41) is 3.45. The molecular formula is C13H20N2O. The van der Waals surface area contributed by atoms with Crippen molar-refractivity contribution in [1.29, 1.82) is 0 Å². The molecule has 1 saturated heterocycles. The second-order valence-electron chi connectivity index (χ2n) is 4.35. The molecule has 0 amide bonds.